The van der Waals surface area contributed by atoms with E-state index in [-0.39, 0.29) is 0 Å². The van der Waals surface area contributed by atoms with Crippen LogP contribution in [0, 0.1) is 0 Å². The minimum Gasteiger partial charge on any atom is -0.422 e. The Morgan fingerprint density at radius 3 is 3.08 bits per heavy atom. The molecule has 1 rings (SSSR count). The highest BCUT2D eigenvalue weighted by atomic mass is 32.1. The second kappa shape index (κ2) is 3.97. The van der Waals surface area contributed by atoms with Gasteiger partial charge in [0.25, 0.3) is 0 Å². The highest BCUT2D eigenvalue weighted by molar-refractivity contribution is 7.80. The first-order valence-corrected chi connectivity index (χ1v) is 3.89. The topological polar surface area (TPSA) is 26.3 Å². The summed E-state index contributed by atoms with van der Waals surface area (Å²) >= 11 is 4.96. The van der Waals surface area contributed by atoms with Crippen molar-refractivity contribution in [3.63, 3.8) is 0 Å². The molecule has 62 valence electrons. The zero-order valence-corrected chi connectivity index (χ0v) is 7.26. The Labute approximate surface area is 76.2 Å². The third-order valence-electron chi connectivity index (χ3n) is 1.34. The van der Waals surface area contributed by atoms with Crippen LogP contribution in [0.4, 0.5) is 0 Å². The van der Waals surface area contributed by atoms with E-state index in [2.05, 4.69) is 6.58 Å². The van der Waals surface area contributed by atoms with E-state index in [0.29, 0.717) is 17.0 Å². The molecular weight excluding hydrogens is 172 g/mol. The second-order valence-corrected chi connectivity index (χ2v) is 2.70. The lowest BCUT2D eigenvalue weighted by molar-refractivity contribution is -0.133. The Hall–Kier alpha value is -1.22. The zero-order chi connectivity index (χ0) is 8.97. The van der Waals surface area contributed by atoms with Crippen LogP contribution < -0.4 is 0 Å². The third-order valence-corrected chi connectivity index (χ3v) is 1.71. The van der Waals surface area contributed by atoms with E-state index < -0.39 is 5.97 Å². The van der Waals surface area contributed by atoms with Crippen molar-refractivity contribution in [2.24, 2.45) is 0 Å². The fraction of sp³-hybridized carbons (Fsp3) is 0.111. The van der Waals surface area contributed by atoms with E-state index in [9.17, 15) is 4.79 Å². The van der Waals surface area contributed by atoms with Gasteiger partial charge in [-0.05, 0) is 6.08 Å². The maximum Gasteiger partial charge on any atom is 0.335 e. The van der Waals surface area contributed by atoms with E-state index in [1.165, 1.54) is 0 Å². The van der Waals surface area contributed by atoms with Crippen LogP contribution in [0.2, 0.25) is 0 Å². The summed E-state index contributed by atoms with van der Waals surface area (Å²) < 4.78 is 4.86. The Kier molecular flexibility index (Phi) is 2.94. The first kappa shape index (κ1) is 8.87. The quantitative estimate of drug-likeness (QED) is 0.369. The summed E-state index contributed by atoms with van der Waals surface area (Å²) in [6, 6.07) is 0. The minimum absolute atomic E-state index is 0.456. The smallest absolute Gasteiger partial charge is 0.335 e. The average Bonchev–Trinajstić information content (AvgIpc) is 2.09. The Balaban J connectivity index is 2.67. The largest absolute Gasteiger partial charge is 0.422 e. The molecule has 0 unspecified atom stereocenters. The molecule has 0 N–H and O–H groups in total. The number of hydrogen-bond acceptors (Lipinski definition) is 3. The number of thiocarbonyl (C=S) groups is 1. The molecular formula is C9H8O2S. The molecule has 0 amide bonds. The van der Waals surface area contributed by atoms with Crippen molar-refractivity contribution < 1.29 is 9.53 Å². The minimum atomic E-state index is -0.473. The van der Waals surface area contributed by atoms with Crippen molar-refractivity contribution in [3.05, 3.63) is 36.6 Å². The van der Waals surface area contributed by atoms with Gasteiger partial charge < -0.3 is 4.74 Å². The standard InChI is InChI=1S/C9H8O2S/c1-2-9(10)11-7-5-3-4-6-8(7)12/h2-5H,1,6H2. The molecule has 0 aromatic heterocycles. The molecule has 0 fully saturated rings. The van der Waals surface area contributed by atoms with Crippen molar-refractivity contribution >= 4 is 23.1 Å². The average molecular weight is 180 g/mol. The SMILES string of the molecule is C=CC(=O)OC1=CC=CCC1=S. The molecule has 1 aliphatic rings. The molecule has 0 aliphatic heterocycles. The van der Waals surface area contributed by atoms with E-state index >= 15 is 0 Å². The van der Waals surface area contributed by atoms with Gasteiger partial charge in [0, 0.05) is 12.5 Å². The maximum absolute atomic E-state index is 10.8. The Bertz CT molecular complexity index is 287. The number of allylic oxidation sites excluding steroid dienone is 4. The highest BCUT2D eigenvalue weighted by Crippen LogP contribution is 2.11. The number of ether oxygens (including phenoxy) is 1. The van der Waals surface area contributed by atoms with E-state index in [1.807, 2.05) is 12.2 Å². The van der Waals surface area contributed by atoms with Crippen molar-refractivity contribution in [2.75, 3.05) is 0 Å². The van der Waals surface area contributed by atoms with Crippen LogP contribution in [-0.2, 0) is 9.53 Å². The van der Waals surface area contributed by atoms with Gasteiger partial charge in [0.1, 0.15) is 5.76 Å². The summed E-state index contributed by atoms with van der Waals surface area (Å²) in [6.45, 7) is 3.29. The molecule has 0 atom stereocenters. The van der Waals surface area contributed by atoms with Crippen LogP contribution in [-0.4, -0.2) is 10.8 Å². The molecule has 2 nitrogen and oxygen atoms in total. The van der Waals surface area contributed by atoms with Crippen LogP contribution >= 0.6 is 12.2 Å². The molecule has 3 heteroatoms. The predicted octanol–water partition coefficient (Wildman–Crippen LogP) is 1.93. The molecule has 12 heavy (non-hydrogen) atoms. The molecule has 0 heterocycles. The first-order valence-electron chi connectivity index (χ1n) is 3.48. The number of carbonyl (C=O) groups excluding carboxylic acids is 1. The summed E-state index contributed by atoms with van der Waals surface area (Å²) in [5.41, 5.74) is 0. The van der Waals surface area contributed by atoms with Crippen molar-refractivity contribution in [2.45, 2.75) is 6.42 Å². The molecule has 0 aromatic rings. The van der Waals surface area contributed by atoms with Gasteiger partial charge in [-0.2, -0.15) is 0 Å². The number of esters is 1. The van der Waals surface area contributed by atoms with Crippen molar-refractivity contribution in [1.82, 2.24) is 0 Å². The van der Waals surface area contributed by atoms with Gasteiger partial charge in [-0.15, -0.1) is 0 Å². The first-order chi connectivity index (χ1) is 5.74. The summed E-state index contributed by atoms with van der Waals surface area (Å²) in [6.07, 6.45) is 7.16. The van der Waals surface area contributed by atoms with Crippen LogP contribution in [0.1, 0.15) is 6.42 Å². The lowest BCUT2D eigenvalue weighted by atomic mass is 10.1. The monoisotopic (exact) mass is 180 g/mol. The zero-order valence-electron chi connectivity index (χ0n) is 6.45. The van der Waals surface area contributed by atoms with Crippen LogP contribution in [0.3, 0.4) is 0 Å². The summed E-state index contributed by atoms with van der Waals surface area (Å²) in [5, 5.41) is 0. The number of rotatable bonds is 2. The van der Waals surface area contributed by atoms with Crippen molar-refractivity contribution in [1.29, 1.82) is 0 Å². The number of carbonyl (C=O) groups is 1. The third kappa shape index (κ3) is 2.13. The normalized spacial score (nSPS) is 15.3. The van der Waals surface area contributed by atoms with Gasteiger partial charge in [-0.1, -0.05) is 30.9 Å². The lowest BCUT2D eigenvalue weighted by Crippen LogP contribution is -2.09. The molecule has 0 spiro atoms. The molecule has 0 aromatic carbocycles. The van der Waals surface area contributed by atoms with Gasteiger partial charge >= 0.3 is 5.97 Å². The molecule has 0 saturated heterocycles. The van der Waals surface area contributed by atoms with E-state index in [4.69, 9.17) is 17.0 Å². The Morgan fingerprint density at radius 1 is 1.75 bits per heavy atom. The second-order valence-electron chi connectivity index (χ2n) is 2.21. The van der Waals surface area contributed by atoms with Crippen LogP contribution in [0.5, 0.6) is 0 Å². The fourth-order valence-corrected chi connectivity index (χ4v) is 0.971. The van der Waals surface area contributed by atoms with Crippen LogP contribution in [0.25, 0.3) is 0 Å². The molecule has 0 bridgehead atoms. The number of hydrogen-bond donors (Lipinski definition) is 0. The van der Waals surface area contributed by atoms with E-state index in [0.717, 1.165) is 6.08 Å². The van der Waals surface area contributed by atoms with Crippen molar-refractivity contribution in [3.8, 4) is 0 Å². The summed E-state index contributed by atoms with van der Waals surface area (Å²) in [4.78, 5) is 11.4. The fourth-order valence-electron chi connectivity index (χ4n) is 0.765. The lowest BCUT2D eigenvalue weighted by Gasteiger charge is -2.08. The van der Waals surface area contributed by atoms with Gasteiger partial charge in [-0.25, -0.2) is 4.79 Å². The Morgan fingerprint density at radius 2 is 2.50 bits per heavy atom. The summed E-state index contributed by atoms with van der Waals surface area (Å²) in [5.74, 6) is -0.0173. The molecule has 0 radical (unpaired) electrons. The molecule has 0 saturated carbocycles. The molecule has 1 aliphatic carbocycles. The predicted molar refractivity (Wildman–Crippen MR) is 50.7 cm³/mol. The van der Waals surface area contributed by atoms with Crippen LogP contribution in [0.15, 0.2) is 36.6 Å². The van der Waals surface area contributed by atoms with Gasteiger partial charge in [0.15, 0.2) is 0 Å². The van der Waals surface area contributed by atoms with Gasteiger partial charge in [0.2, 0.25) is 0 Å². The van der Waals surface area contributed by atoms with Gasteiger partial charge in [0.05, 0.1) is 4.86 Å². The van der Waals surface area contributed by atoms with E-state index in [1.54, 1.807) is 6.08 Å². The van der Waals surface area contributed by atoms with Gasteiger partial charge in [-0.3, -0.25) is 0 Å². The highest BCUT2D eigenvalue weighted by Gasteiger charge is 2.09. The summed E-state index contributed by atoms with van der Waals surface area (Å²) in [7, 11) is 0. The maximum atomic E-state index is 10.8.